The molecule has 2 amide bonds. The van der Waals surface area contributed by atoms with Gasteiger partial charge in [0.25, 0.3) is 0 Å². The molecule has 2 saturated heterocycles. The van der Waals surface area contributed by atoms with E-state index in [4.69, 9.17) is 11.2 Å². The van der Waals surface area contributed by atoms with Crippen LogP contribution in [0, 0.1) is 17.8 Å². The van der Waals surface area contributed by atoms with Crippen molar-refractivity contribution in [1.29, 1.82) is 0 Å². The number of morpholine rings is 1. The molecule has 3 atom stereocenters. The summed E-state index contributed by atoms with van der Waals surface area (Å²) in [5.74, 6) is 2.16. The second-order valence-electron chi connectivity index (χ2n) is 9.87. The Morgan fingerprint density at radius 3 is 2.56 bits per heavy atom. The van der Waals surface area contributed by atoms with Crippen LogP contribution in [0.3, 0.4) is 0 Å². The van der Waals surface area contributed by atoms with Gasteiger partial charge in [-0.15, -0.1) is 6.42 Å². The van der Waals surface area contributed by atoms with Gasteiger partial charge in [-0.3, -0.25) is 14.5 Å². The summed E-state index contributed by atoms with van der Waals surface area (Å²) >= 11 is 0. The number of benzene rings is 1. The standard InChI is InChI=1S/C26H38N4O4/c1-5-19-6-8-20(9-7-19)17-28-24(32)22-16-21(31)18-30(22)25(33)23(27-4)26(2,3)10-11-29-12-14-34-15-13-29/h1,6-9,21-23,27,31H,10-18H2,2-4H3,(H,28,32)/t21-,22+,23+/m1/s1. The van der Waals surface area contributed by atoms with Gasteiger partial charge in [0.1, 0.15) is 6.04 Å². The Balaban J connectivity index is 1.62. The fourth-order valence-corrected chi connectivity index (χ4v) is 4.76. The van der Waals surface area contributed by atoms with Crippen LogP contribution in [-0.2, 0) is 20.9 Å². The Bertz CT molecular complexity index is 874. The van der Waals surface area contributed by atoms with Crippen LogP contribution in [0.4, 0.5) is 0 Å². The van der Waals surface area contributed by atoms with Crippen molar-refractivity contribution in [2.45, 2.75) is 51.4 Å². The van der Waals surface area contributed by atoms with Crippen LogP contribution < -0.4 is 10.6 Å². The summed E-state index contributed by atoms with van der Waals surface area (Å²) in [6, 6.07) is 6.23. The van der Waals surface area contributed by atoms with Gasteiger partial charge in [-0.1, -0.05) is 31.9 Å². The van der Waals surface area contributed by atoms with Gasteiger partial charge in [0.2, 0.25) is 11.8 Å². The number of hydrogen-bond donors (Lipinski definition) is 3. The number of nitrogens with one attached hydrogen (secondary N) is 2. The van der Waals surface area contributed by atoms with E-state index in [1.54, 1.807) is 11.9 Å². The van der Waals surface area contributed by atoms with Crippen LogP contribution in [0.25, 0.3) is 0 Å². The van der Waals surface area contributed by atoms with E-state index in [2.05, 4.69) is 35.3 Å². The summed E-state index contributed by atoms with van der Waals surface area (Å²) in [7, 11) is 1.78. The SMILES string of the molecule is C#Cc1ccc(CNC(=O)[C@@H]2C[C@@H](O)CN2C(=O)[C@H](NC)C(C)(C)CCN2CCOCC2)cc1. The molecule has 0 aliphatic carbocycles. The molecular formula is C26H38N4O4. The predicted molar refractivity (Wildman–Crippen MR) is 131 cm³/mol. The first-order chi connectivity index (χ1) is 16.2. The number of nitrogens with zero attached hydrogens (tertiary/aromatic N) is 2. The lowest BCUT2D eigenvalue weighted by Gasteiger charge is -2.38. The van der Waals surface area contributed by atoms with Crippen LogP contribution in [0.5, 0.6) is 0 Å². The summed E-state index contributed by atoms with van der Waals surface area (Å²) < 4.78 is 5.42. The van der Waals surface area contributed by atoms with E-state index in [0.29, 0.717) is 6.54 Å². The fourth-order valence-electron chi connectivity index (χ4n) is 4.76. The van der Waals surface area contributed by atoms with E-state index in [9.17, 15) is 14.7 Å². The highest BCUT2D eigenvalue weighted by atomic mass is 16.5. The smallest absolute Gasteiger partial charge is 0.243 e. The maximum Gasteiger partial charge on any atom is 0.243 e. The minimum atomic E-state index is -0.719. The minimum Gasteiger partial charge on any atom is -0.391 e. The summed E-state index contributed by atoms with van der Waals surface area (Å²) in [5, 5.41) is 16.4. The average molecular weight is 471 g/mol. The van der Waals surface area contributed by atoms with E-state index < -0.39 is 18.2 Å². The number of β-amino-alcohol motifs (C(OH)–C–C–N with tert-alkyl or cyclic N) is 1. The second-order valence-corrected chi connectivity index (χ2v) is 9.87. The van der Waals surface area contributed by atoms with Crippen LogP contribution in [0.2, 0.25) is 0 Å². The molecule has 2 heterocycles. The average Bonchev–Trinajstić information content (AvgIpc) is 3.24. The number of aliphatic hydroxyl groups is 1. The van der Waals surface area contributed by atoms with Crippen LogP contribution in [-0.4, -0.2) is 91.3 Å². The number of likely N-dealkylation sites (N-methyl/N-ethyl adjacent to an activating group) is 1. The molecule has 0 unspecified atom stereocenters. The van der Waals surface area contributed by atoms with Crippen molar-refractivity contribution in [3.63, 3.8) is 0 Å². The first-order valence-corrected chi connectivity index (χ1v) is 12.0. The number of ether oxygens (including phenoxy) is 1. The Morgan fingerprint density at radius 1 is 1.26 bits per heavy atom. The maximum absolute atomic E-state index is 13.6. The van der Waals surface area contributed by atoms with Crippen molar-refractivity contribution in [3.8, 4) is 12.3 Å². The van der Waals surface area contributed by atoms with Gasteiger partial charge in [0, 0.05) is 38.2 Å². The van der Waals surface area contributed by atoms with E-state index in [0.717, 1.165) is 50.4 Å². The van der Waals surface area contributed by atoms with Gasteiger partial charge < -0.3 is 25.4 Å². The second kappa shape index (κ2) is 11.8. The van der Waals surface area contributed by atoms with Gasteiger partial charge in [-0.25, -0.2) is 0 Å². The molecule has 1 aromatic carbocycles. The first-order valence-electron chi connectivity index (χ1n) is 12.0. The summed E-state index contributed by atoms with van der Waals surface area (Å²) in [6.07, 6.45) is 5.73. The Kier molecular flexibility index (Phi) is 9.09. The summed E-state index contributed by atoms with van der Waals surface area (Å²) in [5.41, 5.74) is 1.36. The molecule has 1 aromatic rings. The zero-order valence-corrected chi connectivity index (χ0v) is 20.5. The van der Waals surface area contributed by atoms with Gasteiger partial charge in [-0.05, 0) is 43.1 Å². The van der Waals surface area contributed by atoms with Gasteiger partial charge in [-0.2, -0.15) is 0 Å². The lowest BCUT2D eigenvalue weighted by molar-refractivity contribution is -0.142. The van der Waals surface area contributed by atoms with Crippen molar-refractivity contribution in [3.05, 3.63) is 35.4 Å². The van der Waals surface area contributed by atoms with Crippen LogP contribution in [0.1, 0.15) is 37.8 Å². The highest BCUT2D eigenvalue weighted by Gasteiger charge is 2.44. The summed E-state index contributed by atoms with van der Waals surface area (Å²) in [4.78, 5) is 30.5. The molecule has 0 bridgehead atoms. The number of carbonyl (C=O) groups excluding carboxylic acids is 2. The number of terminal acetylenes is 1. The van der Waals surface area contributed by atoms with E-state index >= 15 is 0 Å². The number of rotatable bonds is 9. The molecular weight excluding hydrogens is 432 g/mol. The molecule has 2 fully saturated rings. The molecule has 34 heavy (non-hydrogen) atoms. The van der Waals surface area contributed by atoms with Crippen molar-refractivity contribution in [2.24, 2.45) is 5.41 Å². The predicted octanol–water partition coefficient (Wildman–Crippen LogP) is 0.582. The third-order valence-corrected chi connectivity index (χ3v) is 6.95. The van der Waals surface area contributed by atoms with Crippen molar-refractivity contribution >= 4 is 11.8 Å². The molecule has 0 saturated carbocycles. The van der Waals surface area contributed by atoms with E-state index in [-0.39, 0.29) is 30.2 Å². The van der Waals surface area contributed by atoms with Crippen molar-refractivity contribution < 1.29 is 19.4 Å². The molecule has 2 aliphatic heterocycles. The molecule has 2 aliphatic rings. The normalized spacial score (nSPS) is 22.3. The van der Waals surface area contributed by atoms with Crippen molar-refractivity contribution in [1.82, 2.24) is 20.4 Å². The van der Waals surface area contributed by atoms with Gasteiger partial charge in [0.05, 0.1) is 25.4 Å². The highest BCUT2D eigenvalue weighted by Crippen LogP contribution is 2.30. The Morgan fingerprint density at radius 2 is 1.94 bits per heavy atom. The molecule has 0 radical (unpaired) electrons. The molecule has 8 nitrogen and oxygen atoms in total. The quantitative estimate of drug-likeness (QED) is 0.457. The third kappa shape index (κ3) is 6.57. The first kappa shape index (κ1) is 26.2. The van der Waals surface area contributed by atoms with Crippen molar-refractivity contribution in [2.75, 3.05) is 46.4 Å². The fraction of sp³-hybridized carbons (Fsp3) is 0.615. The highest BCUT2D eigenvalue weighted by molar-refractivity contribution is 5.91. The largest absolute Gasteiger partial charge is 0.391 e. The lowest BCUT2D eigenvalue weighted by Crippen LogP contribution is -2.57. The topological polar surface area (TPSA) is 94.1 Å². The third-order valence-electron chi connectivity index (χ3n) is 6.95. The van der Waals surface area contributed by atoms with Gasteiger partial charge in [0.15, 0.2) is 0 Å². The number of carbonyl (C=O) groups is 2. The number of aliphatic hydroxyl groups excluding tert-OH is 1. The minimum absolute atomic E-state index is 0.149. The number of likely N-dealkylation sites (tertiary alicyclic amines) is 1. The summed E-state index contributed by atoms with van der Waals surface area (Å²) in [6.45, 7) is 8.82. The van der Waals surface area contributed by atoms with E-state index in [1.165, 1.54) is 0 Å². The maximum atomic E-state index is 13.6. The molecule has 186 valence electrons. The molecule has 0 aromatic heterocycles. The van der Waals surface area contributed by atoms with Crippen LogP contribution in [0.15, 0.2) is 24.3 Å². The monoisotopic (exact) mass is 470 g/mol. The number of amides is 2. The molecule has 3 N–H and O–H groups in total. The van der Waals surface area contributed by atoms with Gasteiger partial charge >= 0.3 is 0 Å². The zero-order valence-electron chi connectivity index (χ0n) is 20.5. The zero-order chi connectivity index (χ0) is 24.7. The molecule has 8 heteroatoms. The number of hydrogen-bond acceptors (Lipinski definition) is 6. The molecule has 3 rings (SSSR count). The van der Waals surface area contributed by atoms with E-state index in [1.807, 2.05) is 24.3 Å². The Hall–Kier alpha value is -2.44. The Labute approximate surface area is 203 Å². The lowest BCUT2D eigenvalue weighted by atomic mass is 9.80. The van der Waals surface area contributed by atoms with Crippen LogP contribution >= 0.6 is 0 Å². The molecule has 0 spiro atoms.